The number of fused-ring (bicyclic) bond motifs is 1. The second kappa shape index (κ2) is 8.35. The smallest absolute Gasteiger partial charge is 0.338 e. The summed E-state index contributed by atoms with van der Waals surface area (Å²) < 4.78 is 6.25. The number of ether oxygens (including phenoxy) is 1. The molecule has 0 N–H and O–H groups in total. The molecule has 160 valence electrons. The molecule has 0 saturated heterocycles. The first-order valence-corrected chi connectivity index (χ1v) is 10.3. The van der Waals surface area contributed by atoms with E-state index in [1.807, 2.05) is 24.3 Å². The summed E-state index contributed by atoms with van der Waals surface area (Å²) in [7, 11) is 0. The largest absolute Gasteiger partial charge is 0.457 e. The van der Waals surface area contributed by atoms with Crippen LogP contribution in [0.1, 0.15) is 42.2 Å². The van der Waals surface area contributed by atoms with Crippen molar-refractivity contribution in [2.75, 3.05) is 4.90 Å². The molecule has 0 fully saturated rings. The van der Waals surface area contributed by atoms with E-state index in [0.717, 1.165) is 14.9 Å². The molecule has 1 heterocycles. The summed E-state index contributed by atoms with van der Waals surface area (Å²) in [6.45, 7) is 1.72. The fourth-order valence-corrected chi connectivity index (χ4v) is 3.69. The molecule has 0 radical (unpaired) electrons. The van der Waals surface area contributed by atoms with Crippen molar-refractivity contribution in [3.8, 4) is 0 Å². The van der Waals surface area contributed by atoms with Gasteiger partial charge in [0.15, 0.2) is 0 Å². The van der Waals surface area contributed by atoms with Gasteiger partial charge in [-0.15, -0.1) is 0 Å². The number of nitro benzene ring substituents is 1. The van der Waals surface area contributed by atoms with Crippen molar-refractivity contribution < 1.29 is 24.0 Å². The lowest BCUT2D eigenvalue weighted by Gasteiger charge is -2.17. The molecule has 0 aliphatic carbocycles. The van der Waals surface area contributed by atoms with E-state index in [9.17, 15) is 24.5 Å². The third-order valence-electron chi connectivity index (χ3n) is 5.06. The Morgan fingerprint density at radius 2 is 1.78 bits per heavy atom. The fraction of sp³-hybridized carbons (Fsp3) is 0.0870. The van der Waals surface area contributed by atoms with Gasteiger partial charge in [0.25, 0.3) is 17.5 Å². The monoisotopic (exact) mass is 494 g/mol. The molecule has 4 rings (SSSR count). The SMILES string of the molecule is Cc1ccc(C(=O)OCc2ccc(Br)cc2)cc1N1C(=O)c2cccc([N+](=O)[O-])c2C1=O. The number of imide groups is 1. The standard InChI is InChI=1S/C23H15BrN2O6/c1-13-5-8-15(23(29)32-12-14-6-9-16(24)10-7-14)11-19(13)25-21(27)17-3-2-4-18(26(30)31)20(17)22(25)28/h2-11H,12H2,1H3. The number of carbonyl (C=O) groups excluding carboxylic acids is 3. The van der Waals surface area contributed by atoms with Crippen molar-refractivity contribution in [2.45, 2.75) is 13.5 Å². The molecule has 9 heteroatoms. The van der Waals surface area contributed by atoms with Gasteiger partial charge < -0.3 is 4.74 Å². The Hall–Kier alpha value is -3.85. The minimum Gasteiger partial charge on any atom is -0.457 e. The van der Waals surface area contributed by atoms with Gasteiger partial charge in [-0.2, -0.15) is 0 Å². The highest BCUT2D eigenvalue weighted by Gasteiger charge is 2.42. The van der Waals surface area contributed by atoms with Gasteiger partial charge in [0.2, 0.25) is 0 Å². The van der Waals surface area contributed by atoms with Gasteiger partial charge in [-0.05, 0) is 48.4 Å². The van der Waals surface area contributed by atoms with Crippen LogP contribution in [0.25, 0.3) is 0 Å². The molecule has 0 spiro atoms. The quantitative estimate of drug-likeness (QED) is 0.217. The second-order valence-corrected chi connectivity index (χ2v) is 8.02. The van der Waals surface area contributed by atoms with Crippen LogP contribution >= 0.6 is 15.9 Å². The fourth-order valence-electron chi connectivity index (χ4n) is 3.43. The van der Waals surface area contributed by atoms with Crippen LogP contribution in [-0.4, -0.2) is 22.7 Å². The van der Waals surface area contributed by atoms with Gasteiger partial charge in [0.05, 0.1) is 21.7 Å². The number of nitro groups is 1. The van der Waals surface area contributed by atoms with Crippen molar-refractivity contribution in [3.63, 3.8) is 0 Å². The predicted molar refractivity (Wildman–Crippen MR) is 119 cm³/mol. The summed E-state index contributed by atoms with van der Waals surface area (Å²) in [5.74, 6) is -2.12. The zero-order chi connectivity index (χ0) is 23.0. The first kappa shape index (κ1) is 21.4. The molecule has 3 aromatic rings. The van der Waals surface area contributed by atoms with E-state index in [2.05, 4.69) is 15.9 Å². The number of esters is 1. The molecule has 1 aliphatic rings. The molecule has 0 bridgehead atoms. The van der Waals surface area contributed by atoms with E-state index in [0.29, 0.717) is 5.56 Å². The van der Waals surface area contributed by atoms with Gasteiger partial charge in [0, 0.05) is 10.5 Å². The van der Waals surface area contributed by atoms with Crippen LogP contribution in [0.5, 0.6) is 0 Å². The summed E-state index contributed by atoms with van der Waals surface area (Å²) in [5, 5.41) is 11.3. The summed E-state index contributed by atoms with van der Waals surface area (Å²) in [5.41, 5.74) is 0.911. The van der Waals surface area contributed by atoms with Crippen molar-refractivity contribution in [1.82, 2.24) is 0 Å². The molecule has 2 amide bonds. The molecule has 0 atom stereocenters. The van der Waals surface area contributed by atoms with E-state index in [-0.39, 0.29) is 29.0 Å². The normalized spacial score (nSPS) is 12.6. The van der Waals surface area contributed by atoms with Crippen LogP contribution in [0.4, 0.5) is 11.4 Å². The van der Waals surface area contributed by atoms with Crippen LogP contribution in [0.3, 0.4) is 0 Å². The topological polar surface area (TPSA) is 107 Å². The van der Waals surface area contributed by atoms with Gasteiger partial charge >= 0.3 is 5.97 Å². The summed E-state index contributed by atoms with van der Waals surface area (Å²) in [6, 6.07) is 15.7. The summed E-state index contributed by atoms with van der Waals surface area (Å²) >= 11 is 3.34. The van der Waals surface area contributed by atoms with Crippen LogP contribution < -0.4 is 4.90 Å². The molecule has 1 aliphatic heterocycles. The van der Waals surface area contributed by atoms with Crippen molar-refractivity contribution >= 4 is 45.1 Å². The number of hydrogen-bond acceptors (Lipinski definition) is 6. The molecule has 3 aromatic carbocycles. The third kappa shape index (κ3) is 3.78. The highest BCUT2D eigenvalue weighted by molar-refractivity contribution is 9.10. The van der Waals surface area contributed by atoms with Gasteiger partial charge in [-0.25, -0.2) is 9.69 Å². The average molecular weight is 495 g/mol. The Morgan fingerprint density at radius 1 is 1.06 bits per heavy atom. The van der Waals surface area contributed by atoms with Crippen LogP contribution in [0, 0.1) is 17.0 Å². The number of benzene rings is 3. The number of nitrogens with zero attached hydrogens (tertiary/aromatic N) is 2. The van der Waals surface area contributed by atoms with Gasteiger partial charge in [-0.3, -0.25) is 19.7 Å². The minimum absolute atomic E-state index is 0.0492. The number of hydrogen-bond donors (Lipinski definition) is 0. The average Bonchev–Trinajstić information content (AvgIpc) is 3.03. The van der Waals surface area contributed by atoms with Crippen molar-refractivity contribution in [2.24, 2.45) is 0 Å². The number of halogens is 1. The molecule has 8 nitrogen and oxygen atoms in total. The number of carbonyl (C=O) groups is 3. The number of anilines is 1. The van der Waals surface area contributed by atoms with Crippen LogP contribution in [0.2, 0.25) is 0 Å². The predicted octanol–water partition coefficient (Wildman–Crippen LogP) is 4.82. The highest BCUT2D eigenvalue weighted by atomic mass is 79.9. The lowest BCUT2D eigenvalue weighted by atomic mass is 10.1. The third-order valence-corrected chi connectivity index (χ3v) is 5.59. The molecule has 0 unspecified atom stereocenters. The van der Waals surface area contributed by atoms with Crippen LogP contribution in [-0.2, 0) is 11.3 Å². The van der Waals surface area contributed by atoms with E-state index in [1.165, 1.54) is 30.3 Å². The Labute approximate surface area is 190 Å². The Balaban J connectivity index is 1.63. The van der Waals surface area contributed by atoms with E-state index in [1.54, 1.807) is 13.0 Å². The number of aryl methyl sites for hydroxylation is 1. The molecule has 0 aromatic heterocycles. The first-order valence-electron chi connectivity index (χ1n) is 9.46. The number of rotatable bonds is 5. The maximum atomic E-state index is 13.0. The Bertz CT molecular complexity index is 1290. The van der Waals surface area contributed by atoms with E-state index >= 15 is 0 Å². The lowest BCUT2D eigenvalue weighted by molar-refractivity contribution is -0.385. The first-order chi connectivity index (χ1) is 15.3. The maximum Gasteiger partial charge on any atom is 0.338 e. The summed E-state index contributed by atoms with van der Waals surface area (Å²) in [6.07, 6.45) is 0. The van der Waals surface area contributed by atoms with Crippen molar-refractivity contribution in [1.29, 1.82) is 0 Å². The molecular weight excluding hydrogens is 480 g/mol. The van der Waals surface area contributed by atoms with E-state index in [4.69, 9.17) is 4.74 Å². The lowest BCUT2D eigenvalue weighted by Crippen LogP contribution is -2.30. The zero-order valence-electron chi connectivity index (χ0n) is 16.7. The molecule has 32 heavy (non-hydrogen) atoms. The minimum atomic E-state index is -0.805. The number of amides is 2. The van der Waals surface area contributed by atoms with Crippen LogP contribution in [0.15, 0.2) is 65.1 Å². The van der Waals surface area contributed by atoms with Crippen molar-refractivity contribution in [3.05, 3.63) is 103 Å². The molecule has 0 saturated carbocycles. The Kier molecular flexibility index (Phi) is 5.58. The Morgan fingerprint density at radius 3 is 2.47 bits per heavy atom. The molecular formula is C23H15BrN2O6. The van der Waals surface area contributed by atoms with Gasteiger partial charge in [0.1, 0.15) is 12.2 Å². The second-order valence-electron chi connectivity index (χ2n) is 7.11. The van der Waals surface area contributed by atoms with Gasteiger partial charge in [-0.1, -0.05) is 40.2 Å². The maximum absolute atomic E-state index is 13.0. The summed E-state index contributed by atoms with van der Waals surface area (Å²) in [4.78, 5) is 50.0. The van der Waals surface area contributed by atoms with E-state index < -0.39 is 28.4 Å². The highest BCUT2D eigenvalue weighted by Crippen LogP contribution is 2.35. The zero-order valence-corrected chi connectivity index (χ0v) is 18.3.